The van der Waals surface area contributed by atoms with Crippen LogP contribution in [0.1, 0.15) is 29.3 Å². The van der Waals surface area contributed by atoms with Gasteiger partial charge in [0.2, 0.25) is 5.88 Å². The van der Waals surface area contributed by atoms with E-state index in [0.29, 0.717) is 5.69 Å². The van der Waals surface area contributed by atoms with E-state index in [2.05, 4.69) is 9.98 Å². The highest BCUT2D eigenvalue weighted by atomic mass is 16.4. The number of hydrogen-bond donors (Lipinski definition) is 2. The van der Waals surface area contributed by atoms with Crippen molar-refractivity contribution in [2.45, 2.75) is 13.3 Å². The number of carbonyl (C=O) groups excluding carboxylic acids is 1. The number of carbonyl (C=O) groups is 1. The summed E-state index contributed by atoms with van der Waals surface area (Å²) in [7, 11) is 0. The Morgan fingerprint density at radius 1 is 1.14 bits per heavy atom. The van der Waals surface area contributed by atoms with Crippen LogP contribution < -0.4 is 16.4 Å². The van der Waals surface area contributed by atoms with E-state index in [-0.39, 0.29) is 28.9 Å². The molecule has 142 valence electrons. The summed E-state index contributed by atoms with van der Waals surface area (Å²) < 4.78 is 0.972. The Bertz CT molecular complexity index is 1180. The van der Waals surface area contributed by atoms with Crippen molar-refractivity contribution in [1.29, 1.82) is 0 Å². The molecule has 0 unspecified atom stereocenters. The number of aromatic carboxylic acids is 1. The molecule has 0 bridgehead atoms. The first-order chi connectivity index (χ1) is 13.4. The second-order valence-corrected chi connectivity index (χ2v) is 5.88. The predicted octanol–water partition coefficient (Wildman–Crippen LogP) is 1.13. The molecule has 0 saturated carbocycles. The standard InChI is InChI=1S/C20H17N3O5/c1-2-15(21-13-8-6-7-12(11-13)19(26)27)16-17(24)22-20(28)23(18(16)25)14-9-4-3-5-10-14/h3-11,25H,2H2,1H3,(H,26,27)(H,22,24,28)/p-1. The van der Waals surface area contributed by atoms with E-state index in [1.807, 2.05) is 0 Å². The van der Waals surface area contributed by atoms with Gasteiger partial charge in [0.25, 0.3) is 5.56 Å². The first-order valence-corrected chi connectivity index (χ1v) is 8.45. The molecule has 2 N–H and O–H groups in total. The summed E-state index contributed by atoms with van der Waals surface area (Å²) in [5, 5.41) is 21.7. The minimum atomic E-state index is -1.35. The van der Waals surface area contributed by atoms with Gasteiger partial charge in [-0.3, -0.25) is 14.8 Å². The molecule has 1 heterocycles. The third-order valence-electron chi connectivity index (χ3n) is 4.07. The first-order valence-electron chi connectivity index (χ1n) is 8.45. The minimum Gasteiger partial charge on any atom is -0.545 e. The Hall–Kier alpha value is -3.94. The molecule has 0 aliphatic carbocycles. The molecule has 0 spiro atoms. The van der Waals surface area contributed by atoms with Crippen molar-refractivity contribution in [3.05, 3.63) is 86.6 Å². The second-order valence-electron chi connectivity index (χ2n) is 5.88. The van der Waals surface area contributed by atoms with Crippen molar-refractivity contribution in [2.24, 2.45) is 4.99 Å². The van der Waals surface area contributed by atoms with Gasteiger partial charge in [-0.1, -0.05) is 37.3 Å². The Labute approximate surface area is 159 Å². The lowest BCUT2D eigenvalue weighted by Crippen LogP contribution is -2.33. The van der Waals surface area contributed by atoms with E-state index in [9.17, 15) is 24.6 Å². The molecule has 3 rings (SSSR count). The fourth-order valence-electron chi connectivity index (χ4n) is 2.77. The minimum absolute atomic E-state index is 0.0657. The van der Waals surface area contributed by atoms with Crippen LogP contribution in [0, 0.1) is 0 Å². The summed E-state index contributed by atoms with van der Waals surface area (Å²) in [6.07, 6.45) is 0.249. The second kappa shape index (κ2) is 7.75. The lowest BCUT2D eigenvalue weighted by atomic mass is 10.1. The summed E-state index contributed by atoms with van der Waals surface area (Å²) in [6, 6.07) is 14.0. The largest absolute Gasteiger partial charge is 0.545 e. The number of hydrogen-bond acceptors (Lipinski definition) is 6. The molecule has 0 aliphatic rings. The van der Waals surface area contributed by atoms with Gasteiger partial charge in [0.1, 0.15) is 5.56 Å². The first kappa shape index (κ1) is 18.8. The van der Waals surface area contributed by atoms with Gasteiger partial charge >= 0.3 is 5.69 Å². The molecular weight excluding hydrogens is 362 g/mol. The number of H-pyrrole nitrogens is 1. The third-order valence-corrected chi connectivity index (χ3v) is 4.07. The van der Waals surface area contributed by atoms with E-state index in [4.69, 9.17) is 0 Å². The quantitative estimate of drug-likeness (QED) is 0.643. The predicted molar refractivity (Wildman–Crippen MR) is 102 cm³/mol. The normalized spacial score (nSPS) is 11.4. The van der Waals surface area contributed by atoms with Crippen LogP contribution in [0.5, 0.6) is 5.88 Å². The van der Waals surface area contributed by atoms with E-state index in [0.717, 1.165) is 4.57 Å². The molecule has 0 saturated heterocycles. The maximum Gasteiger partial charge on any atom is 0.335 e. The van der Waals surface area contributed by atoms with Crippen molar-refractivity contribution in [2.75, 3.05) is 0 Å². The number of rotatable bonds is 5. The average molecular weight is 378 g/mol. The lowest BCUT2D eigenvalue weighted by molar-refractivity contribution is -0.255. The summed E-state index contributed by atoms with van der Waals surface area (Å²) in [5.41, 5.74) is -0.960. The number of nitrogens with one attached hydrogen (secondary N) is 1. The maximum absolute atomic E-state index is 12.4. The van der Waals surface area contributed by atoms with Crippen LogP contribution in [0.15, 0.2) is 69.2 Å². The highest BCUT2D eigenvalue weighted by Gasteiger charge is 2.19. The fourth-order valence-corrected chi connectivity index (χ4v) is 2.77. The Kier molecular flexibility index (Phi) is 5.21. The van der Waals surface area contributed by atoms with E-state index in [1.165, 1.54) is 18.2 Å². The van der Waals surface area contributed by atoms with Gasteiger partial charge in [-0.15, -0.1) is 0 Å². The van der Waals surface area contributed by atoms with Crippen molar-refractivity contribution >= 4 is 17.4 Å². The summed E-state index contributed by atoms with van der Waals surface area (Å²) >= 11 is 0. The molecule has 0 amide bonds. The summed E-state index contributed by atoms with van der Waals surface area (Å²) in [5.74, 6) is -1.90. The summed E-state index contributed by atoms with van der Waals surface area (Å²) in [4.78, 5) is 42.2. The Morgan fingerprint density at radius 2 is 1.86 bits per heavy atom. The van der Waals surface area contributed by atoms with Crippen molar-refractivity contribution in [3.8, 4) is 11.6 Å². The molecule has 0 aliphatic heterocycles. The SMILES string of the molecule is CCC(=Nc1cccc(C(=O)[O-])c1)c1c(O)n(-c2ccccc2)c(=O)[nH]c1=O. The number of benzene rings is 2. The van der Waals surface area contributed by atoms with Crippen LogP contribution in [-0.4, -0.2) is 26.3 Å². The highest BCUT2D eigenvalue weighted by molar-refractivity contribution is 6.03. The van der Waals surface area contributed by atoms with Crippen LogP contribution in [0.25, 0.3) is 5.69 Å². The monoisotopic (exact) mass is 378 g/mol. The number of aromatic hydroxyl groups is 1. The third kappa shape index (κ3) is 3.61. The maximum atomic E-state index is 12.4. The number of aromatic amines is 1. The molecule has 0 radical (unpaired) electrons. The van der Waals surface area contributed by atoms with Gasteiger partial charge in [0, 0.05) is 0 Å². The van der Waals surface area contributed by atoms with Crippen molar-refractivity contribution in [1.82, 2.24) is 9.55 Å². The number of nitrogens with zero attached hydrogens (tertiary/aromatic N) is 2. The molecule has 28 heavy (non-hydrogen) atoms. The van der Waals surface area contributed by atoms with Gasteiger partial charge in [-0.2, -0.15) is 0 Å². The van der Waals surface area contributed by atoms with Crippen LogP contribution in [-0.2, 0) is 0 Å². The van der Waals surface area contributed by atoms with Gasteiger partial charge in [0.15, 0.2) is 0 Å². The van der Waals surface area contributed by atoms with Crippen molar-refractivity contribution < 1.29 is 15.0 Å². The zero-order chi connectivity index (χ0) is 20.3. The molecule has 8 nitrogen and oxygen atoms in total. The molecular formula is C20H16N3O5-. The van der Waals surface area contributed by atoms with Crippen LogP contribution in [0.2, 0.25) is 0 Å². The Morgan fingerprint density at radius 3 is 2.50 bits per heavy atom. The average Bonchev–Trinajstić information content (AvgIpc) is 2.67. The topological polar surface area (TPSA) is 128 Å². The van der Waals surface area contributed by atoms with Gasteiger partial charge in [0.05, 0.1) is 23.1 Å². The van der Waals surface area contributed by atoms with Gasteiger partial charge in [-0.25, -0.2) is 9.36 Å². The molecule has 8 heteroatoms. The molecule has 1 aromatic heterocycles. The molecule has 0 atom stereocenters. The smallest absolute Gasteiger partial charge is 0.335 e. The number of aromatic nitrogens is 2. The van der Waals surface area contributed by atoms with Gasteiger partial charge < -0.3 is 15.0 Å². The number of carboxylic acids is 1. The molecule has 3 aromatic rings. The van der Waals surface area contributed by atoms with Crippen molar-refractivity contribution in [3.63, 3.8) is 0 Å². The van der Waals surface area contributed by atoms with E-state index >= 15 is 0 Å². The van der Waals surface area contributed by atoms with E-state index < -0.39 is 23.1 Å². The van der Waals surface area contributed by atoms with Crippen LogP contribution in [0.4, 0.5) is 5.69 Å². The number of aliphatic imine (C=N–C) groups is 1. The van der Waals surface area contributed by atoms with E-state index in [1.54, 1.807) is 43.3 Å². The van der Waals surface area contributed by atoms with Crippen LogP contribution >= 0.6 is 0 Å². The number of para-hydroxylation sites is 1. The summed E-state index contributed by atoms with van der Waals surface area (Å²) in [6.45, 7) is 1.72. The zero-order valence-electron chi connectivity index (χ0n) is 14.9. The Balaban J connectivity index is 2.21. The highest BCUT2D eigenvalue weighted by Crippen LogP contribution is 2.21. The molecule has 0 fully saturated rings. The zero-order valence-corrected chi connectivity index (χ0v) is 14.9. The number of carboxylic acid groups (broad SMARTS) is 1. The van der Waals surface area contributed by atoms with Gasteiger partial charge in [-0.05, 0) is 36.2 Å². The molecule has 2 aromatic carbocycles. The fraction of sp³-hybridized carbons (Fsp3) is 0.100. The van der Waals surface area contributed by atoms with Crippen LogP contribution in [0.3, 0.4) is 0 Å². The lowest BCUT2D eigenvalue weighted by Gasteiger charge is -2.12.